The fourth-order valence-electron chi connectivity index (χ4n) is 1.94. The molecule has 0 aromatic rings. The Bertz CT molecular complexity index is 380. The number of nitrogens with two attached hydrogens (primary N) is 1. The monoisotopic (exact) mass is 239 g/mol. The average Bonchev–Trinajstić information content (AvgIpc) is 2.65. The van der Waals surface area contributed by atoms with Crippen LogP contribution in [-0.4, -0.2) is 34.9 Å². The smallest absolute Gasteiger partial charge is 0.412 e. The Morgan fingerprint density at radius 1 is 1.62 bits per heavy atom. The van der Waals surface area contributed by atoms with Gasteiger partial charge in [-0.05, 0) is 18.3 Å². The summed E-state index contributed by atoms with van der Waals surface area (Å²) in [7, 11) is 0. The topological polar surface area (TPSA) is 67.6 Å². The number of carbonyl (C=O) groups excluding carboxylic acids is 1. The van der Waals surface area contributed by atoms with Crippen molar-refractivity contribution in [3.8, 4) is 0 Å². The lowest BCUT2D eigenvalue weighted by atomic mass is 9.99. The van der Waals surface area contributed by atoms with Gasteiger partial charge in [-0.3, -0.25) is 4.90 Å². The highest BCUT2D eigenvalue weighted by atomic mass is 32.1. The zero-order chi connectivity index (χ0) is 11.6. The second kappa shape index (κ2) is 4.13. The Kier molecular flexibility index (Phi) is 2.82. The lowest BCUT2D eigenvalue weighted by Gasteiger charge is -2.39. The van der Waals surface area contributed by atoms with Crippen LogP contribution in [0.5, 0.6) is 0 Å². The second-order valence-corrected chi connectivity index (χ2v) is 4.11. The molecule has 1 heterocycles. The zero-order valence-corrected chi connectivity index (χ0v) is 9.50. The summed E-state index contributed by atoms with van der Waals surface area (Å²) in [5.41, 5.74) is 4.83. The number of thiocarbonyl (C=S) groups is 1. The Morgan fingerprint density at radius 3 is 2.94 bits per heavy atom. The molecule has 5 nitrogen and oxygen atoms in total. The summed E-state index contributed by atoms with van der Waals surface area (Å²) in [6.45, 7) is 0.934. The van der Waals surface area contributed by atoms with E-state index in [-0.39, 0.29) is 11.2 Å². The molecule has 0 radical (unpaired) electrons. The summed E-state index contributed by atoms with van der Waals surface area (Å²) in [6, 6.07) is 0. The van der Waals surface area contributed by atoms with E-state index in [0.717, 1.165) is 0 Å². The number of allylic oxidation sites excluding steroid dienone is 2. The van der Waals surface area contributed by atoms with Gasteiger partial charge in [0.25, 0.3) is 0 Å². The summed E-state index contributed by atoms with van der Waals surface area (Å²) >= 11 is 4.85. The molecule has 1 aliphatic heterocycles. The molecular formula is C10H13N3O2S. The van der Waals surface area contributed by atoms with Crippen LogP contribution in [0.3, 0.4) is 0 Å². The van der Waals surface area contributed by atoms with E-state index in [1.807, 2.05) is 24.3 Å². The standard InChI is InChI=1S/C10H13N3O2S/c11-8(16)12-10(4-2-1-3-5-10)13-6-7-15-9(13)14/h1-4H,5-7H2,(H3,11,12,16). The molecule has 3 N–H and O–H groups in total. The van der Waals surface area contributed by atoms with Gasteiger partial charge in [0.1, 0.15) is 12.3 Å². The van der Waals surface area contributed by atoms with Crippen molar-refractivity contribution in [2.24, 2.45) is 5.73 Å². The van der Waals surface area contributed by atoms with E-state index >= 15 is 0 Å². The van der Waals surface area contributed by atoms with Crippen molar-refractivity contribution in [3.05, 3.63) is 24.3 Å². The van der Waals surface area contributed by atoms with E-state index in [0.29, 0.717) is 19.6 Å². The normalized spacial score (nSPS) is 28.0. The molecule has 2 aliphatic rings. The molecule has 1 aliphatic carbocycles. The van der Waals surface area contributed by atoms with Gasteiger partial charge >= 0.3 is 6.09 Å². The Balaban J connectivity index is 2.26. The summed E-state index contributed by atoms with van der Waals surface area (Å²) < 4.78 is 4.93. The molecule has 1 atom stereocenters. The van der Waals surface area contributed by atoms with Gasteiger partial charge < -0.3 is 15.8 Å². The van der Waals surface area contributed by atoms with Gasteiger partial charge in [-0.15, -0.1) is 0 Å². The summed E-state index contributed by atoms with van der Waals surface area (Å²) in [4.78, 5) is 13.2. The van der Waals surface area contributed by atoms with Crippen molar-refractivity contribution in [2.75, 3.05) is 13.2 Å². The number of cyclic esters (lactones) is 1. The first-order valence-corrected chi connectivity index (χ1v) is 5.41. The third-order valence-corrected chi connectivity index (χ3v) is 2.73. The quantitative estimate of drug-likeness (QED) is 0.686. The second-order valence-electron chi connectivity index (χ2n) is 3.67. The highest BCUT2D eigenvalue weighted by Crippen LogP contribution is 2.25. The summed E-state index contributed by atoms with van der Waals surface area (Å²) in [5, 5.41) is 3.13. The van der Waals surface area contributed by atoms with Gasteiger partial charge in [-0.1, -0.05) is 18.2 Å². The Hall–Kier alpha value is -1.56. The number of ether oxygens (including phenoxy) is 1. The Labute approximate surface area is 98.9 Å². The molecule has 0 spiro atoms. The fourth-order valence-corrected chi connectivity index (χ4v) is 2.12. The van der Waals surface area contributed by atoms with Gasteiger partial charge in [0.05, 0.1) is 6.54 Å². The number of amides is 1. The lowest BCUT2D eigenvalue weighted by molar-refractivity contribution is 0.125. The van der Waals surface area contributed by atoms with Crippen LogP contribution in [0.15, 0.2) is 24.3 Å². The molecule has 1 amide bonds. The fraction of sp³-hybridized carbons (Fsp3) is 0.400. The molecule has 6 heteroatoms. The third kappa shape index (κ3) is 1.88. The van der Waals surface area contributed by atoms with E-state index in [1.165, 1.54) is 0 Å². The number of rotatable bonds is 2. The highest BCUT2D eigenvalue weighted by Gasteiger charge is 2.41. The predicted molar refractivity (Wildman–Crippen MR) is 63.6 cm³/mol. The van der Waals surface area contributed by atoms with Crippen LogP contribution < -0.4 is 11.1 Å². The largest absolute Gasteiger partial charge is 0.447 e. The lowest BCUT2D eigenvalue weighted by Crippen LogP contribution is -2.61. The van der Waals surface area contributed by atoms with E-state index in [9.17, 15) is 4.79 Å². The highest BCUT2D eigenvalue weighted by molar-refractivity contribution is 7.80. The van der Waals surface area contributed by atoms with Crippen LogP contribution in [0.2, 0.25) is 0 Å². The van der Waals surface area contributed by atoms with Crippen molar-refractivity contribution in [3.63, 3.8) is 0 Å². The predicted octanol–water partition coefficient (Wildman–Crippen LogP) is 0.484. The minimum absolute atomic E-state index is 0.166. The van der Waals surface area contributed by atoms with E-state index in [2.05, 4.69) is 5.32 Å². The van der Waals surface area contributed by atoms with E-state index < -0.39 is 5.66 Å². The van der Waals surface area contributed by atoms with Crippen LogP contribution in [0, 0.1) is 0 Å². The van der Waals surface area contributed by atoms with Gasteiger partial charge in [0.15, 0.2) is 5.11 Å². The van der Waals surface area contributed by atoms with Gasteiger partial charge in [-0.25, -0.2) is 4.79 Å². The Morgan fingerprint density at radius 2 is 2.44 bits per heavy atom. The van der Waals surface area contributed by atoms with Crippen molar-refractivity contribution >= 4 is 23.4 Å². The van der Waals surface area contributed by atoms with Crippen LogP contribution >= 0.6 is 12.2 Å². The van der Waals surface area contributed by atoms with Gasteiger partial charge in [0.2, 0.25) is 0 Å². The molecule has 0 saturated carbocycles. The number of hydrogen-bond acceptors (Lipinski definition) is 3. The molecule has 2 rings (SSSR count). The SMILES string of the molecule is NC(=S)NC1(N2CCOC2=O)C=CC=CC1. The van der Waals surface area contributed by atoms with Crippen LogP contribution in [0.4, 0.5) is 4.79 Å². The van der Waals surface area contributed by atoms with Crippen LogP contribution in [-0.2, 0) is 4.74 Å². The van der Waals surface area contributed by atoms with Crippen molar-refractivity contribution in [2.45, 2.75) is 12.1 Å². The molecule has 1 saturated heterocycles. The number of nitrogens with zero attached hydrogens (tertiary/aromatic N) is 1. The summed E-state index contributed by atoms with van der Waals surface area (Å²) in [6.07, 6.45) is 7.89. The maximum atomic E-state index is 11.6. The third-order valence-electron chi connectivity index (χ3n) is 2.63. The molecule has 0 aromatic carbocycles. The minimum atomic E-state index is -0.672. The first kappa shape index (κ1) is 10.9. The molecule has 0 aromatic heterocycles. The maximum absolute atomic E-state index is 11.6. The average molecular weight is 239 g/mol. The molecule has 1 fully saturated rings. The summed E-state index contributed by atoms with van der Waals surface area (Å²) in [5.74, 6) is 0. The van der Waals surface area contributed by atoms with Crippen molar-refractivity contribution < 1.29 is 9.53 Å². The van der Waals surface area contributed by atoms with Crippen LogP contribution in [0.25, 0.3) is 0 Å². The first-order valence-electron chi connectivity index (χ1n) is 5.00. The number of nitrogens with one attached hydrogen (secondary N) is 1. The van der Waals surface area contributed by atoms with E-state index in [4.69, 9.17) is 22.7 Å². The van der Waals surface area contributed by atoms with Crippen molar-refractivity contribution in [1.29, 1.82) is 0 Å². The molecule has 86 valence electrons. The van der Waals surface area contributed by atoms with Gasteiger partial charge in [0, 0.05) is 6.42 Å². The van der Waals surface area contributed by atoms with E-state index in [1.54, 1.807) is 4.90 Å². The van der Waals surface area contributed by atoms with Crippen LogP contribution in [0.1, 0.15) is 6.42 Å². The molecular weight excluding hydrogens is 226 g/mol. The van der Waals surface area contributed by atoms with Gasteiger partial charge in [-0.2, -0.15) is 0 Å². The maximum Gasteiger partial charge on any atom is 0.412 e. The number of carbonyl (C=O) groups is 1. The first-order chi connectivity index (χ1) is 7.64. The molecule has 1 unspecified atom stereocenters. The number of hydrogen-bond donors (Lipinski definition) is 2. The zero-order valence-electron chi connectivity index (χ0n) is 8.68. The minimum Gasteiger partial charge on any atom is -0.447 e. The van der Waals surface area contributed by atoms with Crippen molar-refractivity contribution in [1.82, 2.24) is 10.2 Å². The molecule has 0 bridgehead atoms. The molecule has 16 heavy (non-hydrogen) atoms.